The van der Waals surface area contributed by atoms with Crippen LogP contribution in [0.4, 0.5) is 19.0 Å². The summed E-state index contributed by atoms with van der Waals surface area (Å²) in [6, 6.07) is 26.3. The van der Waals surface area contributed by atoms with Gasteiger partial charge in [0.1, 0.15) is 0 Å². The minimum Gasteiger partial charge on any atom is -0.304 e. The summed E-state index contributed by atoms with van der Waals surface area (Å²) in [7, 11) is 0. The highest BCUT2D eigenvalue weighted by atomic mass is 19.4. The molecule has 0 spiro atoms. The van der Waals surface area contributed by atoms with Gasteiger partial charge in [-0.25, -0.2) is 9.50 Å². The number of rotatable bonds is 5. The van der Waals surface area contributed by atoms with Gasteiger partial charge in [0.15, 0.2) is 22.9 Å². The van der Waals surface area contributed by atoms with E-state index in [-0.39, 0.29) is 22.9 Å². The van der Waals surface area contributed by atoms with Crippen molar-refractivity contribution in [1.29, 1.82) is 0 Å². The van der Waals surface area contributed by atoms with Gasteiger partial charge in [0, 0.05) is 23.9 Å². The number of alkyl halides is 3. The largest absolute Gasteiger partial charge is 0.433 e. The first-order valence-corrected chi connectivity index (χ1v) is 11.7. The number of carbonyl (C=O) groups is 1. The van der Waals surface area contributed by atoms with E-state index in [1.807, 2.05) is 60.7 Å². The Balaban J connectivity index is 1.32. The molecule has 38 heavy (non-hydrogen) atoms. The van der Waals surface area contributed by atoms with Gasteiger partial charge in [0.05, 0.1) is 12.2 Å². The second kappa shape index (κ2) is 9.15. The molecule has 0 saturated heterocycles. The topological polar surface area (TPSA) is 77.1 Å². The molecule has 0 aliphatic rings. The maximum atomic E-state index is 14.0. The molecule has 1 amide bonds. The van der Waals surface area contributed by atoms with Crippen LogP contribution in [0.2, 0.25) is 0 Å². The third kappa shape index (κ3) is 4.59. The zero-order valence-electron chi connectivity index (χ0n) is 19.7. The van der Waals surface area contributed by atoms with E-state index in [2.05, 4.69) is 20.5 Å². The molecule has 0 unspecified atom stereocenters. The first kappa shape index (κ1) is 23.4. The third-order valence-electron chi connectivity index (χ3n) is 6.07. The predicted octanol–water partition coefficient (Wildman–Crippen LogP) is 6.07. The molecule has 0 saturated carbocycles. The lowest BCUT2D eigenvalue weighted by Gasteiger charge is -2.11. The van der Waals surface area contributed by atoms with Crippen LogP contribution in [0, 0.1) is 0 Å². The van der Waals surface area contributed by atoms with Crippen molar-refractivity contribution in [2.24, 2.45) is 0 Å². The predicted molar refractivity (Wildman–Crippen MR) is 137 cm³/mol. The molecular weight excluding hydrogens is 493 g/mol. The highest BCUT2D eigenvalue weighted by Gasteiger charge is 2.35. The number of hydrogen-bond donors (Lipinski definition) is 1. The Hall–Kier alpha value is -4.99. The van der Waals surface area contributed by atoms with Gasteiger partial charge < -0.3 is 5.32 Å². The van der Waals surface area contributed by atoms with Gasteiger partial charge in [-0.05, 0) is 28.5 Å². The summed E-state index contributed by atoms with van der Waals surface area (Å²) >= 11 is 0. The Morgan fingerprint density at radius 1 is 0.842 bits per heavy atom. The monoisotopic (exact) mass is 512 g/mol. The Morgan fingerprint density at radius 3 is 2.39 bits per heavy atom. The molecule has 0 radical (unpaired) electrons. The van der Waals surface area contributed by atoms with Crippen molar-refractivity contribution in [3.05, 3.63) is 114 Å². The van der Waals surface area contributed by atoms with Crippen molar-refractivity contribution in [3.63, 3.8) is 0 Å². The normalized spacial score (nSPS) is 11.8. The van der Waals surface area contributed by atoms with E-state index < -0.39 is 17.8 Å². The molecule has 3 heterocycles. The van der Waals surface area contributed by atoms with E-state index >= 15 is 0 Å². The fourth-order valence-corrected chi connectivity index (χ4v) is 4.25. The van der Waals surface area contributed by atoms with Crippen LogP contribution in [0.15, 0.2) is 97.2 Å². The van der Waals surface area contributed by atoms with Gasteiger partial charge in [-0.15, -0.1) is 0 Å². The van der Waals surface area contributed by atoms with Crippen LogP contribution in [0.5, 0.6) is 0 Å². The number of fused-ring (bicyclic) bond motifs is 2. The summed E-state index contributed by atoms with van der Waals surface area (Å²) in [6.45, 7) is 0.501. The van der Waals surface area contributed by atoms with E-state index in [0.717, 1.165) is 22.4 Å². The molecule has 0 bridgehead atoms. The molecule has 3 aromatic carbocycles. The lowest BCUT2D eigenvalue weighted by atomic mass is 10.0. The zero-order valence-corrected chi connectivity index (χ0v) is 19.7. The zero-order chi connectivity index (χ0) is 26.3. The molecule has 0 aliphatic heterocycles. The first-order chi connectivity index (χ1) is 18.3. The summed E-state index contributed by atoms with van der Waals surface area (Å²) < 4.78 is 44.3. The van der Waals surface area contributed by atoms with Gasteiger partial charge in [-0.3, -0.25) is 9.48 Å². The van der Waals surface area contributed by atoms with E-state index in [1.54, 1.807) is 29.1 Å². The molecule has 0 atom stereocenters. The number of nitrogens with zero attached hydrogens (tertiary/aromatic N) is 5. The molecule has 6 rings (SSSR count). The summed E-state index contributed by atoms with van der Waals surface area (Å²) in [4.78, 5) is 17.3. The van der Waals surface area contributed by atoms with E-state index in [1.165, 1.54) is 6.07 Å². The van der Waals surface area contributed by atoms with Crippen molar-refractivity contribution in [1.82, 2.24) is 24.4 Å². The number of halogens is 3. The smallest absolute Gasteiger partial charge is 0.304 e. The number of nitrogens with one attached hydrogen (secondary N) is 1. The van der Waals surface area contributed by atoms with Crippen molar-refractivity contribution in [2.45, 2.75) is 12.7 Å². The van der Waals surface area contributed by atoms with Gasteiger partial charge in [0.2, 0.25) is 0 Å². The van der Waals surface area contributed by atoms with Crippen LogP contribution in [0.25, 0.3) is 27.7 Å². The molecular formula is C28H19F3N6O. The van der Waals surface area contributed by atoms with Crippen LogP contribution in [-0.2, 0) is 12.7 Å². The number of hydrogen-bond acceptors (Lipinski definition) is 4. The number of anilines is 1. The fourth-order valence-electron chi connectivity index (χ4n) is 4.25. The van der Waals surface area contributed by atoms with Crippen LogP contribution in [-0.4, -0.2) is 30.3 Å². The number of aromatic nitrogens is 5. The first-order valence-electron chi connectivity index (χ1n) is 11.7. The third-order valence-corrected chi connectivity index (χ3v) is 6.07. The molecule has 7 nitrogen and oxygen atoms in total. The van der Waals surface area contributed by atoms with Gasteiger partial charge >= 0.3 is 6.18 Å². The van der Waals surface area contributed by atoms with Crippen LogP contribution in [0.3, 0.4) is 0 Å². The lowest BCUT2D eigenvalue weighted by molar-refractivity contribution is -0.142. The molecule has 188 valence electrons. The van der Waals surface area contributed by atoms with Crippen LogP contribution >= 0.6 is 0 Å². The van der Waals surface area contributed by atoms with Crippen LogP contribution < -0.4 is 5.32 Å². The summed E-state index contributed by atoms with van der Waals surface area (Å²) in [5.74, 6) is -0.440. The highest BCUT2D eigenvalue weighted by molar-refractivity contribution is 6.03. The van der Waals surface area contributed by atoms with E-state index in [4.69, 9.17) is 0 Å². The Labute approximate surface area is 214 Å². The highest BCUT2D eigenvalue weighted by Crippen LogP contribution is 2.33. The molecule has 0 fully saturated rings. The van der Waals surface area contributed by atoms with Gasteiger partial charge in [-0.2, -0.15) is 23.4 Å². The van der Waals surface area contributed by atoms with Gasteiger partial charge in [-0.1, -0.05) is 66.7 Å². The number of carbonyl (C=O) groups excluding carboxylic acids is 1. The quantitative estimate of drug-likeness (QED) is 0.304. The van der Waals surface area contributed by atoms with Gasteiger partial charge in [0.25, 0.3) is 5.91 Å². The van der Waals surface area contributed by atoms with Crippen molar-refractivity contribution >= 4 is 28.1 Å². The second-order valence-electron chi connectivity index (χ2n) is 8.72. The minimum atomic E-state index is -4.72. The van der Waals surface area contributed by atoms with E-state index in [9.17, 15) is 18.0 Å². The Morgan fingerprint density at radius 2 is 1.61 bits per heavy atom. The average Bonchev–Trinajstić information content (AvgIpc) is 3.54. The fraction of sp³-hybridized carbons (Fsp3) is 0.0714. The van der Waals surface area contributed by atoms with E-state index in [0.29, 0.717) is 16.6 Å². The summed E-state index contributed by atoms with van der Waals surface area (Å²) in [5.41, 5.74) is 0.340. The molecule has 10 heteroatoms. The molecule has 0 aliphatic carbocycles. The standard InChI is InChI=1S/C28H19F3N6O/c29-28(30,31)24-15-22(21-11-10-19-8-4-5-9-20(19)14-21)32-26-16-23(34-37(24)26)27(38)33-25-12-13-36(35-25)17-18-6-2-1-3-7-18/h1-16H,17H2,(H,33,35,38). The van der Waals surface area contributed by atoms with Crippen molar-refractivity contribution in [2.75, 3.05) is 5.32 Å². The number of benzene rings is 3. The SMILES string of the molecule is O=C(Nc1ccn(Cc2ccccc2)n1)c1cc2nc(-c3ccc4ccccc4c3)cc(C(F)(F)F)n2n1. The Kier molecular flexibility index (Phi) is 5.64. The molecule has 1 N–H and O–H groups in total. The minimum absolute atomic E-state index is 0.0947. The molecule has 3 aromatic heterocycles. The average molecular weight is 512 g/mol. The van der Waals surface area contributed by atoms with Crippen LogP contribution in [0.1, 0.15) is 21.7 Å². The lowest BCUT2D eigenvalue weighted by Crippen LogP contribution is -2.16. The number of amides is 1. The maximum Gasteiger partial charge on any atom is 0.433 e. The summed E-state index contributed by atoms with van der Waals surface area (Å²) in [6.07, 6.45) is -3.02. The Bertz CT molecular complexity index is 1790. The second-order valence-corrected chi connectivity index (χ2v) is 8.72. The van der Waals surface area contributed by atoms with Crippen molar-refractivity contribution in [3.8, 4) is 11.3 Å². The molecule has 6 aromatic rings. The summed E-state index contributed by atoms with van der Waals surface area (Å²) in [5, 5.41) is 12.7. The van der Waals surface area contributed by atoms with Crippen molar-refractivity contribution < 1.29 is 18.0 Å². The maximum absolute atomic E-state index is 14.0.